The van der Waals surface area contributed by atoms with Crippen molar-refractivity contribution in [3.8, 4) is 0 Å². The van der Waals surface area contributed by atoms with E-state index >= 15 is 0 Å². The van der Waals surface area contributed by atoms with Gasteiger partial charge in [-0.25, -0.2) is 0 Å². The van der Waals surface area contributed by atoms with Crippen LogP contribution in [0.1, 0.15) is 45.5 Å². The molecule has 1 fully saturated rings. The Bertz CT molecular complexity index is 1380. The Morgan fingerprint density at radius 3 is 2.39 bits per heavy atom. The number of benzene rings is 2. The van der Waals surface area contributed by atoms with Gasteiger partial charge in [0.05, 0.1) is 12.8 Å². The largest absolute Gasteiger partial charge is 0.355 e. The summed E-state index contributed by atoms with van der Waals surface area (Å²) in [6.45, 7) is 3.68. The Morgan fingerprint density at radius 2 is 1.66 bits per heavy atom. The smallest absolute Gasteiger partial charge is 0.229 e. The molecule has 5 rings (SSSR count). The fourth-order valence-electron chi connectivity index (χ4n) is 4.67. The summed E-state index contributed by atoms with van der Waals surface area (Å²) in [6.07, 6.45) is 2.92. The molecule has 0 bridgehead atoms. The van der Waals surface area contributed by atoms with Crippen LogP contribution < -0.4 is 10.2 Å². The van der Waals surface area contributed by atoms with Crippen LogP contribution in [-0.2, 0) is 28.9 Å². The molecule has 0 atom stereocenters. The van der Waals surface area contributed by atoms with Gasteiger partial charge in [-0.3, -0.25) is 9.59 Å². The molecular formula is C29H30N6O2S. The maximum Gasteiger partial charge on any atom is 0.229 e. The number of rotatable bonds is 9. The molecule has 194 valence electrons. The van der Waals surface area contributed by atoms with Crippen LogP contribution in [0, 0.1) is 6.92 Å². The molecule has 0 spiro atoms. The van der Waals surface area contributed by atoms with Crippen LogP contribution in [0.15, 0.2) is 66.7 Å². The molecule has 0 aliphatic carbocycles. The van der Waals surface area contributed by atoms with Crippen molar-refractivity contribution in [1.29, 1.82) is 0 Å². The van der Waals surface area contributed by atoms with E-state index in [0.29, 0.717) is 31.0 Å². The molecule has 8 nitrogen and oxygen atoms in total. The van der Waals surface area contributed by atoms with Gasteiger partial charge in [0.15, 0.2) is 11.6 Å². The zero-order chi connectivity index (χ0) is 26.3. The van der Waals surface area contributed by atoms with E-state index in [2.05, 4.69) is 30.6 Å². The number of carbonyl (C=O) groups excluding carboxylic acids is 2. The molecule has 3 heterocycles. The highest BCUT2D eigenvalue weighted by molar-refractivity contribution is 7.11. The van der Waals surface area contributed by atoms with E-state index in [9.17, 15) is 9.59 Å². The third-order valence-corrected chi connectivity index (χ3v) is 7.69. The SMILES string of the molecule is Cc1cccc(CC(=O)Nc2ccc(N3CCC(c4nnc(CC(=O)Cc5ccccc5)s4)CC3)nn2)c1. The first-order valence-corrected chi connectivity index (χ1v) is 13.7. The summed E-state index contributed by atoms with van der Waals surface area (Å²) < 4.78 is 0. The number of Topliss-reactive ketones (excluding diaryl/α,β-unsaturated/α-hetero) is 1. The van der Waals surface area contributed by atoms with Gasteiger partial charge in [0.25, 0.3) is 0 Å². The van der Waals surface area contributed by atoms with Gasteiger partial charge >= 0.3 is 0 Å². The standard InChI is InChI=1S/C29H30N6O2S/c1-20-6-5-9-22(16-20)18-27(37)30-25-10-11-26(32-31-25)35-14-12-23(13-15-35)29-34-33-28(38-29)19-24(36)17-21-7-3-2-4-8-21/h2-11,16,23H,12-15,17-19H2,1H3,(H,30,31,37). The molecule has 1 N–H and O–H groups in total. The van der Waals surface area contributed by atoms with E-state index in [1.807, 2.05) is 67.6 Å². The van der Waals surface area contributed by atoms with Gasteiger partial charge in [0.1, 0.15) is 15.8 Å². The van der Waals surface area contributed by atoms with Crippen LogP contribution in [0.25, 0.3) is 0 Å². The number of amides is 1. The number of anilines is 2. The number of ketones is 1. The summed E-state index contributed by atoms with van der Waals surface area (Å²) in [5.41, 5.74) is 3.12. The van der Waals surface area contributed by atoms with E-state index in [1.54, 1.807) is 17.4 Å². The first-order chi connectivity index (χ1) is 18.5. The first-order valence-electron chi connectivity index (χ1n) is 12.8. The predicted octanol–water partition coefficient (Wildman–Crippen LogP) is 4.56. The van der Waals surface area contributed by atoms with E-state index in [4.69, 9.17) is 0 Å². The van der Waals surface area contributed by atoms with Crippen molar-refractivity contribution in [3.05, 3.63) is 93.4 Å². The molecule has 4 aromatic rings. The summed E-state index contributed by atoms with van der Waals surface area (Å²) in [4.78, 5) is 27.0. The van der Waals surface area contributed by atoms with Crippen LogP contribution in [0.5, 0.6) is 0 Å². The Morgan fingerprint density at radius 1 is 0.868 bits per heavy atom. The Labute approximate surface area is 226 Å². The van der Waals surface area contributed by atoms with Gasteiger partial charge in [-0.2, -0.15) is 0 Å². The van der Waals surface area contributed by atoms with E-state index in [-0.39, 0.29) is 11.7 Å². The highest BCUT2D eigenvalue weighted by Crippen LogP contribution is 2.31. The average molecular weight is 527 g/mol. The molecule has 9 heteroatoms. The van der Waals surface area contributed by atoms with E-state index < -0.39 is 0 Å². The second-order valence-electron chi connectivity index (χ2n) is 9.66. The van der Waals surface area contributed by atoms with E-state index in [0.717, 1.165) is 58.5 Å². The summed E-state index contributed by atoms with van der Waals surface area (Å²) in [5.74, 6) is 1.61. The Hall–Kier alpha value is -3.98. The van der Waals surface area contributed by atoms with Crippen molar-refractivity contribution < 1.29 is 9.59 Å². The lowest BCUT2D eigenvalue weighted by atomic mass is 9.98. The minimum Gasteiger partial charge on any atom is -0.355 e. The molecule has 1 aliphatic rings. The minimum absolute atomic E-state index is 0.114. The van der Waals surface area contributed by atoms with Gasteiger partial charge in [0, 0.05) is 25.4 Å². The van der Waals surface area contributed by atoms with Crippen LogP contribution in [0.2, 0.25) is 0 Å². The zero-order valence-corrected chi connectivity index (χ0v) is 22.2. The van der Waals surface area contributed by atoms with Gasteiger partial charge in [-0.1, -0.05) is 60.2 Å². The third kappa shape index (κ3) is 6.86. The number of aryl methyl sites for hydroxylation is 1. The second kappa shape index (κ2) is 12.0. The van der Waals surface area contributed by atoms with Crippen molar-refractivity contribution in [2.75, 3.05) is 23.3 Å². The summed E-state index contributed by atoms with van der Waals surface area (Å²) in [6, 6.07) is 21.4. The molecule has 38 heavy (non-hydrogen) atoms. The number of hydrogen-bond donors (Lipinski definition) is 1. The summed E-state index contributed by atoms with van der Waals surface area (Å²) in [7, 11) is 0. The highest BCUT2D eigenvalue weighted by Gasteiger charge is 2.25. The lowest BCUT2D eigenvalue weighted by molar-refractivity contribution is -0.118. The van der Waals surface area contributed by atoms with Gasteiger partial charge < -0.3 is 10.2 Å². The first kappa shape index (κ1) is 25.7. The molecule has 2 aromatic heterocycles. The predicted molar refractivity (Wildman–Crippen MR) is 148 cm³/mol. The molecule has 2 aromatic carbocycles. The monoisotopic (exact) mass is 526 g/mol. The fourth-order valence-corrected chi connectivity index (χ4v) is 5.71. The molecule has 0 saturated carbocycles. The van der Waals surface area contributed by atoms with Crippen LogP contribution in [0.3, 0.4) is 0 Å². The van der Waals surface area contributed by atoms with Crippen LogP contribution >= 0.6 is 11.3 Å². The van der Waals surface area contributed by atoms with Gasteiger partial charge in [-0.05, 0) is 43.0 Å². The number of hydrogen-bond acceptors (Lipinski definition) is 8. The van der Waals surface area contributed by atoms with Crippen molar-refractivity contribution >= 4 is 34.7 Å². The van der Waals surface area contributed by atoms with Crippen molar-refractivity contribution in [2.24, 2.45) is 0 Å². The van der Waals surface area contributed by atoms with E-state index in [1.165, 1.54) is 0 Å². The van der Waals surface area contributed by atoms with Crippen molar-refractivity contribution in [3.63, 3.8) is 0 Å². The van der Waals surface area contributed by atoms with Gasteiger partial charge in [-0.15, -0.1) is 31.7 Å². The minimum atomic E-state index is -0.114. The Kier molecular flexibility index (Phi) is 8.13. The van der Waals surface area contributed by atoms with Crippen molar-refractivity contribution in [2.45, 2.75) is 44.9 Å². The van der Waals surface area contributed by atoms with Crippen LogP contribution in [0.4, 0.5) is 11.6 Å². The fraction of sp³-hybridized carbons (Fsp3) is 0.310. The quantitative estimate of drug-likeness (QED) is 0.341. The second-order valence-corrected chi connectivity index (χ2v) is 10.8. The van der Waals surface area contributed by atoms with Gasteiger partial charge in [0.2, 0.25) is 5.91 Å². The summed E-state index contributed by atoms with van der Waals surface area (Å²) >= 11 is 1.55. The molecule has 0 unspecified atom stereocenters. The molecule has 1 saturated heterocycles. The highest BCUT2D eigenvalue weighted by atomic mass is 32.1. The maximum atomic E-state index is 12.4. The lowest BCUT2D eigenvalue weighted by Gasteiger charge is -2.31. The van der Waals surface area contributed by atoms with Crippen LogP contribution in [-0.4, -0.2) is 45.2 Å². The average Bonchev–Trinajstić information content (AvgIpc) is 3.38. The Balaban J connectivity index is 1.09. The normalized spacial score (nSPS) is 13.9. The third-order valence-electron chi connectivity index (χ3n) is 6.61. The molecule has 1 amide bonds. The number of nitrogens with one attached hydrogen (secondary N) is 1. The number of piperidine rings is 1. The maximum absolute atomic E-state index is 12.4. The summed E-state index contributed by atoms with van der Waals surface area (Å²) in [5, 5.41) is 21.9. The number of nitrogens with zero attached hydrogens (tertiary/aromatic N) is 5. The molecule has 0 radical (unpaired) electrons. The number of aromatic nitrogens is 4. The number of carbonyl (C=O) groups is 2. The van der Waals surface area contributed by atoms with Crippen molar-refractivity contribution in [1.82, 2.24) is 20.4 Å². The zero-order valence-electron chi connectivity index (χ0n) is 21.3. The molecule has 1 aliphatic heterocycles. The molecular weight excluding hydrogens is 496 g/mol. The topological polar surface area (TPSA) is 101 Å². The lowest BCUT2D eigenvalue weighted by Crippen LogP contribution is -2.33.